The molecular formula is C19H23N9O. The summed E-state index contributed by atoms with van der Waals surface area (Å²) in [4.78, 5) is 28.7. The van der Waals surface area contributed by atoms with Gasteiger partial charge in [-0.25, -0.2) is 24.9 Å². The lowest BCUT2D eigenvalue weighted by molar-refractivity contribution is 0.122. The molecule has 0 atom stereocenters. The lowest BCUT2D eigenvalue weighted by Crippen LogP contribution is -2.47. The average molecular weight is 393 g/mol. The summed E-state index contributed by atoms with van der Waals surface area (Å²) in [7, 11) is 0. The third kappa shape index (κ3) is 3.83. The fourth-order valence-electron chi connectivity index (χ4n) is 3.69. The van der Waals surface area contributed by atoms with Crippen LogP contribution >= 0.6 is 0 Å². The Bertz CT molecular complexity index is 934. The van der Waals surface area contributed by atoms with Gasteiger partial charge in [0.2, 0.25) is 0 Å². The van der Waals surface area contributed by atoms with Crippen LogP contribution in [-0.2, 0) is 4.74 Å². The second kappa shape index (κ2) is 8.00. The number of piperazine rings is 1. The summed E-state index contributed by atoms with van der Waals surface area (Å²) in [6.07, 6.45) is 8.63. The van der Waals surface area contributed by atoms with Crippen molar-refractivity contribution in [1.82, 2.24) is 29.5 Å². The summed E-state index contributed by atoms with van der Waals surface area (Å²) in [6, 6.07) is 4.08. The zero-order valence-electron chi connectivity index (χ0n) is 16.1. The zero-order valence-corrected chi connectivity index (χ0v) is 16.1. The summed E-state index contributed by atoms with van der Waals surface area (Å²) in [6.45, 7) is 6.74. The van der Waals surface area contributed by atoms with Gasteiger partial charge in [-0.15, -0.1) is 0 Å². The highest BCUT2D eigenvalue weighted by Crippen LogP contribution is 2.22. The van der Waals surface area contributed by atoms with Crippen LogP contribution in [0.15, 0.2) is 43.5 Å². The predicted octanol–water partition coefficient (Wildman–Crippen LogP) is 0.615. The van der Waals surface area contributed by atoms with Gasteiger partial charge in [0.05, 0.1) is 13.2 Å². The molecule has 0 amide bonds. The quantitative estimate of drug-likeness (QED) is 0.633. The molecule has 3 aromatic rings. The minimum absolute atomic E-state index is 0.748. The topological polar surface area (TPSA) is 88.3 Å². The van der Waals surface area contributed by atoms with Gasteiger partial charge in [0.1, 0.15) is 42.3 Å². The molecule has 150 valence electrons. The van der Waals surface area contributed by atoms with Gasteiger partial charge in [-0.2, -0.15) is 0 Å². The Kier molecular flexibility index (Phi) is 4.91. The second-order valence-electron chi connectivity index (χ2n) is 7.01. The molecule has 5 rings (SSSR count). The summed E-state index contributed by atoms with van der Waals surface area (Å²) in [5.74, 6) is 3.70. The number of imidazole rings is 1. The van der Waals surface area contributed by atoms with Gasteiger partial charge in [-0.1, -0.05) is 0 Å². The molecule has 10 heteroatoms. The van der Waals surface area contributed by atoms with E-state index >= 15 is 0 Å². The predicted molar refractivity (Wildman–Crippen MR) is 109 cm³/mol. The fourth-order valence-corrected chi connectivity index (χ4v) is 3.69. The number of rotatable bonds is 4. The Hall–Kier alpha value is -3.27. The van der Waals surface area contributed by atoms with E-state index < -0.39 is 0 Å². The van der Waals surface area contributed by atoms with Gasteiger partial charge in [0.15, 0.2) is 0 Å². The van der Waals surface area contributed by atoms with E-state index in [1.54, 1.807) is 25.2 Å². The van der Waals surface area contributed by atoms with Crippen LogP contribution in [0.5, 0.6) is 0 Å². The van der Waals surface area contributed by atoms with Crippen molar-refractivity contribution in [3.8, 4) is 5.82 Å². The van der Waals surface area contributed by atoms with Crippen molar-refractivity contribution >= 4 is 17.5 Å². The van der Waals surface area contributed by atoms with Gasteiger partial charge >= 0.3 is 0 Å². The van der Waals surface area contributed by atoms with Crippen LogP contribution in [0.25, 0.3) is 5.82 Å². The highest BCUT2D eigenvalue weighted by molar-refractivity contribution is 5.52. The highest BCUT2D eigenvalue weighted by atomic mass is 16.5. The van der Waals surface area contributed by atoms with Gasteiger partial charge in [-0.3, -0.25) is 4.57 Å². The Morgan fingerprint density at radius 3 is 1.72 bits per heavy atom. The molecule has 0 bridgehead atoms. The summed E-state index contributed by atoms with van der Waals surface area (Å²) < 4.78 is 7.32. The molecule has 0 spiro atoms. The lowest BCUT2D eigenvalue weighted by atomic mass is 10.3. The maximum Gasteiger partial charge on any atom is 0.143 e. The van der Waals surface area contributed by atoms with Gasteiger partial charge < -0.3 is 19.4 Å². The van der Waals surface area contributed by atoms with E-state index in [0.717, 1.165) is 75.8 Å². The SMILES string of the molecule is c1cn(-c2cc(N3CCN(c4cc(N5CCOCC5)ncn4)CC3)ncn2)cn1. The van der Waals surface area contributed by atoms with Gasteiger partial charge in [-0.05, 0) is 0 Å². The third-order valence-corrected chi connectivity index (χ3v) is 5.31. The normalized spacial score (nSPS) is 17.6. The van der Waals surface area contributed by atoms with Crippen LogP contribution in [0.2, 0.25) is 0 Å². The van der Waals surface area contributed by atoms with Crippen molar-refractivity contribution in [2.45, 2.75) is 0 Å². The first-order chi connectivity index (χ1) is 14.4. The number of morpholine rings is 1. The minimum atomic E-state index is 0.748. The number of hydrogen-bond donors (Lipinski definition) is 0. The number of aromatic nitrogens is 6. The summed E-state index contributed by atoms with van der Waals surface area (Å²) >= 11 is 0. The van der Waals surface area contributed by atoms with E-state index in [0.29, 0.717) is 0 Å². The molecular weight excluding hydrogens is 370 g/mol. The first kappa shape index (κ1) is 17.8. The Morgan fingerprint density at radius 2 is 1.17 bits per heavy atom. The molecule has 5 heterocycles. The fraction of sp³-hybridized carbons (Fsp3) is 0.421. The molecule has 0 radical (unpaired) electrons. The highest BCUT2D eigenvalue weighted by Gasteiger charge is 2.21. The standard InChI is InChI=1S/C19H23N9O/c1-2-28(15-20-1)19-12-17(22-14-24-19)26-5-3-25(4-6-26)16-11-18(23-13-21-16)27-7-9-29-10-8-27/h1-2,11-15H,3-10H2. The molecule has 0 N–H and O–H groups in total. The van der Waals surface area contributed by atoms with Gasteiger partial charge in [0, 0.05) is 63.8 Å². The lowest BCUT2D eigenvalue weighted by Gasteiger charge is -2.36. The van der Waals surface area contributed by atoms with Gasteiger partial charge in [0.25, 0.3) is 0 Å². The van der Waals surface area contributed by atoms with Crippen molar-refractivity contribution in [2.24, 2.45) is 0 Å². The summed E-state index contributed by atoms with van der Waals surface area (Å²) in [5.41, 5.74) is 0. The Balaban J connectivity index is 1.26. The van der Waals surface area contributed by atoms with Crippen molar-refractivity contribution in [3.05, 3.63) is 43.5 Å². The molecule has 0 aliphatic carbocycles. The maximum absolute atomic E-state index is 5.44. The molecule has 0 saturated carbocycles. The van der Waals surface area contributed by atoms with Crippen LogP contribution in [-0.4, -0.2) is 82.0 Å². The van der Waals surface area contributed by atoms with Crippen LogP contribution in [0, 0.1) is 0 Å². The van der Waals surface area contributed by atoms with Crippen LogP contribution in [0.4, 0.5) is 17.5 Å². The molecule has 0 unspecified atom stereocenters. The van der Waals surface area contributed by atoms with E-state index in [9.17, 15) is 0 Å². The van der Waals surface area contributed by atoms with E-state index in [-0.39, 0.29) is 0 Å². The summed E-state index contributed by atoms with van der Waals surface area (Å²) in [5, 5.41) is 0. The van der Waals surface area contributed by atoms with Crippen molar-refractivity contribution in [2.75, 3.05) is 67.2 Å². The van der Waals surface area contributed by atoms with Crippen molar-refractivity contribution in [3.63, 3.8) is 0 Å². The smallest absolute Gasteiger partial charge is 0.143 e. The second-order valence-corrected chi connectivity index (χ2v) is 7.01. The maximum atomic E-state index is 5.44. The molecule has 3 aromatic heterocycles. The Morgan fingerprint density at radius 1 is 0.655 bits per heavy atom. The molecule has 2 fully saturated rings. The molecule has 2 aliphatic rings. The monoisotopic (exact) mass is 393 g/mol. The zero-order chi connectivity index (χ0) is 19.5. The molecule has 10 nitrogen and oxygen atoms in total. The molecule has 0 aromatic carbocycles. The largest absolute Gasteiger partial charge is 0.378 e. The molecule has 2 saturated heterocycles. The minimum Gasteiger partial charge on any atom is -0.378 e. The number of anilines is 3. The number of ether oxygens (including phenoxy) is 1. The molecule has 29 heavy (non-hydrogen) atoms. The Labute approximate surface area is 168 Å². The van der Waals surface area contributed by atoms with Crippen LogP contribution in [0.3, 0.4) is 0 Å². The first-order valence-electron chi connectivity index (χ1n) is 9.82. The van der Waals surface area contributed by atoms with E-state index in [1.165, 1.54) is 0 Å². The van der Waals surface area contributed by atoms with E-state index in [4.69, 9.17) is 4.74 Å². The van der Waals surface area contributed by atoms with E-state index in [1.807, 2.05) is 16.8 Å². The number of hydrogen-bond acceptors (Lipinski definition) is 9. The van der Waals surface area contributed by atoms with Crippen LogP contribution in [0.1, 0.15) is 0 Å². The average Bonchev–Trinajstić information content (AvgIpc) is 3.35. The number of nitrogens with zero attached hydrogens (tertiary/aromatic N) is 9. The van der Waals surface area contributed by atoms with E-state index in [2.05, 4.69) is 45.7 Å². The first-order valence-corrected chi connectivity index (χ1v) is 9.82. The van der Waals surface area contributed by atoms with Crippen LogP contribution < -0.4 is 14.7 Å². The molecule has 2 aliphatic heterocycles. The third-order valence-electron chi connectivity index (χ3n) is 5.31. The van der Waals surface area contributed by atoms with Crippen molar-refractivity contribution in [1.29, 1.82) is 0 Å². The van der Waals surface area contributed by atoms with Crippen molar-refractivity contribution < 1.29 is 4.74 Å².